The number of piperidine rings is 1. The number of nitrogens with zero attached hydrogens (tertiary/aromatic N) is 2. The minimum Gasteiger partial charge on any atom is -0.497 e. The number of amides is 2. The van der Waals surface area contributed by atoms with E-state index in [1.165, 1.54) is 19.3 Å². The van der Waals surface area contributed by atoms with E-state index in [-0.39, 0.29) is 5.92 Å². The second kappa shape index (κ2) is 10.4. The van der Waals surface area contributed by atoms with Crippen molar-refractivity contribution in [1.29, 1.82) is 0 Å². The van der Waals surface area contributed by atoms with Crippen molar-refractivity contribution in [2.45, 2.75) is 32.1 Å². The Morgan fingerprint density at radius 3 is 2.75 bits per heavy atom. The molecule has 0 saturated carbocycles. The normalized spacial score (nSPS) is 22.0. The summed E-state index contributed by atoms with van der Waals surface area (Å²) in [5.41, 5.74) is 6.85. The third kappa shape index (κ3) is 6.21. The number of nitrogens with two attached hydrogens (primary N) is 1. The van der Waals surface area contributed by atoms with Crippen molar-refractivity contribution in [3.63, 3.8) is 0 Å². The van der Waals surface area contributed by atoms with Gasteiger partial charge in [0.2, 0.25) is 0 Å². The first-order chi connectivity index (χ1) is 13.6. The van der Waals surface area contributed by atoms with Crippen molar-refractivity contribution >= 4 is 17.6 Å². The Labute approximate surface area is 167 Å². The second-order valence-corrected chi connectivity index (χ2v) is 7.68. The molecule has 7 nitrogen and oxygen atoms in total. The first kappa shape index (κ1) is 20.6. The molecular weight excluding hydrogens is 356 g/mol. The summed E-state index contributed by atoms with van der Waals surface area (Å²) in [6.45, 7) is 4.87. The number of aliphatic imine (C=N–C) groups is 1. The number of hydrogen-bond donors (Lipinski definition) is 2. The molecule has 0 bridgehead atoms. The number of urea groups is 1. The van der Waals surface area contributed by atoms with Crippen molar-refractivity contribution in [2.75, 3.05) is 45.3 Å². The van der Waals surface area contributed by atoms with E-state index in [2.05, 4.69) is 15.2 Å². The summed E-state index contributed by atoms with van der Waals surface area (Å²) in [6, 6.07) is 6.71. The monoisotopic (exact) mass is 388 g/mol. The van der Waals surface area contributed by atoms with Gasteiger partial charge in [-0.2, -0.15) is 4.99 Å². The maximum absolute atomic E-state index is 12.2. The lowest BCUT2D eigenvalue weighted by Gasteiger charge is -2.33. The number of likely N-dealkylation sites (tertiary alicyclic amines) is 1. The highest BCUT2D eigenvalue weighted by molar-refractivity contribution is 6.00. The standard InChI is InChI=1S/C21H32N4O3/c1-27-19-6-4-18(5-7-19)23-21(26)24-20(22)17-3-2-11-25(15-17)12-8-16-9-13-28-14-10-16/h4-7,16-17H,2-3,8-15H2,1H3,(H3,22,23,24,26)/t17-/m0/s1. The molecule has 2 saturated heterocycles. The van der Waals surface area contributed by atoms with Crippen molar-refractivity contribution in [3.05, 3.63) is 24.3 Å². The fourth-order valence-electron chi connectivity index (χ4n) is 3.93. The Morgan fingerprint density at radius 2 is 2.04 bits per heavy atom. The lowest BCUT2D eigenvalue weighted by molar-refractivity contribution is 0.0585. The molecule has 0 unspecified atom stereocenters. The molecule has 0 spiro atoms. The zero-order valence-electron chi connectivity index (χ0n) is 16.7. The Balaban J connectivity index is 1.47. The predicted octanol–water partition coefficient (Wildman–Crippen LogP) is 3.11. The highest BCUT2D eigenvalue weighted by atomic mass is 16.5. The van der Waals surface area contributed by atoms with E-state index < -0.39 is 6.03 Å². The molecule has 2 heterocycles. The van der Waals surface area contributed by atoms with E-state index in [9.17, 15) is 4.79 Å². The lowest BCUT2D eigenvalue weighted by atomic mass is 9.94. The zero-order chi connectivity index (χ0) is 19.8. The summed E-state index contributed by atoms with van der Waals surface area (Å²) < 4.78 is 10.6. The molecule has 1 aromatic carbocycles. The van der Waals surface area contributed by atoms with Crippen LogP contribution < -0.4 is 15.8 Å². The maximum atomic E-state index is 12.2. The Kier molecular flexibility index (Phi) is 7.68. The van der Waals surface area contributed by atoms with Gasteiger partial charge in [-0.1, -0.05) is 0 Å². The largest absolute Gasteiger partial charge is 0.497 e. The minimum absolute atomic E-state index is 0.144. The van der Waals surface area contributed by atoms with Crippen molar-refractivity contribution in [2.24, 2.45) is 22.6 Å². The number of methoxy groups -OCH3 is 1. The molecular formula is C21H32N4O3. The number of benzene rings is 1. The van der Waals surface area contributed by atoms with Crippen LogP contribution in [-0.2, 0) is 4.74 Å². The van der Waals surface area contributed by atoms with Crippen LogP contribution in [0.25, 0.3) is 0 Å². The number of hydrogen-bond acceptors (Lipinski definition) is 4. The number of nitrogens with one attached hydrogen (secondary N) is 1. The summed E-state index contributed by atoms with van der Waals surface area (Å²) in [7, 11) is 1.61. The van der Waals surface area contributed by atoms with Gasteiger partial charge in [0.25, 0.3) is 0 Å². The quantitative estimate of drug-likeness (QED) is 0.577. The van der Waals surface area contributed by atoms with E-state index in [1.807, 2.05) is 0 Å². The number of carbonyl (C=O) groups is 1. The fourth-order valence-corrected chi connectivity index (χ4v) is 3.93. The van der Waals surface area contributed by atoms with E-state index >= 15 is 0 Å². The van der Waals surface area contributed by atoms with E-state index in [0.29, 0.717) is 11.5 Å². The zero-order valence-corrected chi connectivity index (χ0v) is 16.7. The van der Waals surface area contributed by atoms with Crippen LogP contribution in [0.3, 0.4) is 0 Å². The first-order valence-electron chi connectivity index (χ1n) is 10.2. The molecule has 2 aliphatic rings. The molecule has 0 radical (unpaired) electrons. The average Bonchev–Trinajstić information content (AvgIpc) is 2.73. The molecule has 3 N–H and O–H groups in total. The molecule has 2 amide bonds. The van der Waals surface area contributed by atoms with Gasteiger partial charge in [-0.05, 0) is 75.4 Å². The summed E-state index contributed by atoms with van der Waals surface area (Å²) in [5.74, 6) is 2.09. The lowest BCUT2D eigenvalue weighted by Crippen LogP contribution is -2.42. The van der Waals surface area contributed by atoms with Gasteiger partial charge >= 0.3 is 6.03 Å². The first-order valence-corrected chi connectivity index (χ1v) is 10.2. The molecule has 2 aliphatic heterocycles. The third-order valence-corrected chi connectivity index (χ3v) is 5.69. The molecule has 1 atom stereocenters. The van der Waals surface area contributed by atoms with Crippen LogP contribution >= 0.6 is 0 Å². The molecule has 1 aromatic rings. The van der Waals surface area contributed by atoms with Crippen molar-refractivity contribution in [1.82, 2.24) is 4.90 Å². The minimum atomic E-state index is -0.429. The number of amidine groups is 1. The molecule has 7 heteroatoms. The van der Waals surface area contributed by atoms with Gasteiger partial charge in [-0.15, -0.1) is 0 Å². The molecule has 0 aromatic heterocycles. The van der Waals surface area contributed by atoms with Gasteiger partial charge in [-0.3, -0.25) is 0 Å². The molecule has 2 fully saturated rings. The van der Waals surface area contributed by atoms with Gasteiger partial charge < -0.3 is 25.4 Å². The van der Waals surface area contributed by atoms with Crippen molar-refractivity contribution in [3.8, 4) is 5.75 Å². The van der Waals surface area contributed by atoms with E-state index in [1.54, 1.807) is 31.4 Å². The van der Waals surface area contributed by atoms with Crippen LogP contribution in [0.15, 0.2) is 29.3 Å². The van der Waals surface area contributed by atoms with Crippen LogP contribution in [0.2, 0.25) is 0 Å². The Bertz CT molecular complexity index is 656. The van der Waals surface area contributed by atoms with Gasteiger partial charge in [0.1, 0.15) is 11.6 Å². The van der Waals surface area contributed by atoms with Crippen LogP contribution in [0, 0.1) is 11.8 Å². The Hall–Kier alpha value is -2.12. The van der Waals surface area contributed by atoms with Gasteiger partial charge in [-0.25, -0.2) is 4.79 Å². The molecule has 0 aliphatic carbocycles. The number of rotatable bonds is 6. The topological polar surface area (TPSA) is 89.2 Å². The Morgan fingerprint density at radius 1 is 1.29 bits per heavy atom. The number of ether oxygens (including phenoxy) is 2. The maximum Gasteiger partial charge on any atom is 0.347 e. The summed E-state index contributed by atoms with van der Waals surface area (Å²) in [5, 5.41) is 2.76. The van der Waals surface area contributed by atoms with Crippen LogP contribution in [0.5, 0.6) is 5.75 Å². The van der Waals surface area contributed by atoms with Gasteiger partial charge in [0, 0.05) is 31.4 Å². The van der Waals surface area contributed by atoms with E-state index in [4.69, 9.17) is 15.2 Å². The van der Waals surface area contributed by atoms with Crippen LogP contribution in [0.1, 0.15) is 32.1 Å². The predicted molar refractivity (Wildman–Crippen MR) is 111 cm³/mol. The highest BCUT2D eigenvalue weighted by Gasteiger charge is 2.24. The van der Waals surface area contributed by atoms with Gasteiger partial charge in [0.15, 0.2) is 0 Å². The fraction of sp³-hybridized carbons (Fsp3) is 0.619. The SMILES string of the molecule is COc1ccc(NC(=O)/N=C(\N)[C@H]2CCCN(CCC3CCOCC3)C2)cc1. The van der Waals surface area contributed by atoms with Crippen LogP contribution in [-0.4, -0.2) is 56.7 Å². The molecule has 3 rings (SSSR count). The third-order valence-electron chi connectivity index (χ3n) is 5.69. The second-order valence-electron chi connectivity index (χ2n) is 7.68. The summed E-state index contributed by atoms with van der Waals surface area (Å²) in [4.78, 5) is 18.8. The molecule has 28 heavy (non-hydrogen) atoms. The number of anilines is 1. The average molecular weight is 389 g/mol. The summed E-state index contributed by atoms with van der Waals surface area (Å²) in [6.07, 6.45) is 5.64. The van der Waals surface area contributed by atoms with Gasteiger partial charge in [0.05, 0.1) is 7.11 Å². The van der Waals surface area contributed by atoms with Crippen LogP contribution in [0.4, 0.5) is 10.5 Å². The smallest absolute Gasteiger partial charge is 0.347 e. The highest BCUT2D eigenvalue weighted by Crippen LogP contribution is 2.22. The number of carbonyl (C=O) groups excluding carboxylic acids is 1. The van der Waals surface area contributed by atoms with E-state index in [0.717, 1.165) is 57.4 Å². The molecule has 154 valence electrons. The summed E-state index contributed by atoms with van der Waals surface area (Å²) >= 11 is 0. The van der Waals surface area contributed by atoms with Crippen molar-refractivity contribution < 1.29 is 14.3 Å².